The van der Waals surface area contributed by atoms with Crippen LogP contribution in [0.5, 0.6) is 0 Å². The van der Waals surface area contributed by atoms with E-state index >= 15 is 0 Å². The highest BCUT2D eigenvalue weighted by Crippen LogP contribution is 2.34. The van der Waals surface area contributed by atoms with Gasteiger partial charge in [0.15, 0.2) is 11.5 Å². The molecule has 1 aliphatic rings. The van der Waals surface area contributed by atoms with E-state index in [-0.39, 0.29) is 16.9 Å². The van der Waals surface area contributed by atoms with Gasteiger partial charge >= 0.3 is 0 Å². The number of hydrogen-bond donors (Lipinski definition) is 2. The summed E-state index contributed by atoms with van der Waals surface area (Å²) >= 11 is 0. The molecule has 10 nitrogen and oxygen atoms in total. The van der Waals surface area contributed by atoms with Crippen LogP contribution < -0.4 is 16.6 Å². The number of fused-ring (bicyclic) bond motifs is 2. The minimum absolute atomic E-state index is 0.0725. The highest BCUT2D eigenvalue weighted by Gasteiger charge is 2.25. The van der Waals surface area contributed by atoms with E-state index in [9.17, 15) is 9.59 Å². The Kier molecular flexibility index (Phi) is 6.05. The quantitative estimate of drug-likeness (QED) is 0.310. The highest BCUT2D eigenvalue weighted by atomic mass is 16.2. The van der Waals surface area contributed by atoms with E-state index in [1.807, 2.05) is 72.4 Å². The summed E-state index contributed by atoms with van der Waals surface area (Å²) in [5.41, 5.74) is 9.09. The van der Waals surface area contributed by atoms with Gasteiger partial charge in [-0.05, 0) is 55.5 Å². The number of carbonyl (C=O) groups is 1. The zero-order chi connectivity index (χ0) is 28.8. The molecule has 10 heteroatoms. The lowest BCUT2D eigenvalue weighted by Crippen LogP contribution is -2.32. The second-order valence-electron chi connectivity index (χ2n) is 10.3. The lowest BCUT2D eigenvalue weighted by Gasteiger charge is -2.21. The van der Waals surface area contributed by atoms with Crippen LogP contribution >= 0.6 is 0 Å². The van der Waals surface area contributed by atoms with Crippen molar-refractivity contribution in [1.82, 2.24) is 34.3 Å². The van der Waals surface area contributed by atoms with Crippen LogP contribution in [0.2, 0.25) is 0 Å². The standard InChI is InChI=1S/C32H26N8O2/c1-20(36-31(41)28-29(33)37-38-16-6-15-34-30(28)38)26-17-23-8-5-7-22(12-11-21-18-35-39(19-21)24-13-14-24)27(23)32(42)40(26)25-9-3-2-4-10-25/h2-10,15-20,24H,13-14H2,1H3,(H2,33,37)(H,36,41)/t20-/m0/s1. The van der Waals surface area contributed by atoms with E-state index < -0.39 is 11.9 Å². The molecule has 0 saturated heterocycles. The maximum atomic E-state index is 14.3. The summed E-state index contributed by atoms with van der Waals surface area (Å²) in [6.45, 7) is 1.83. The summed E-state index contributed by atoms with van der Waals surface area (Å²) in [7, 11) is 0. The van der Waals surface area contributed by atoms with E-state index in [0.29, 0.717) is 34.0 Å². The van der Waals surface area contributed by atoms with Gasteiger partial charge in [-0.25, -0.2) is 9.50 Å². The van der Waals surface area contributed by atoms with Gasteiger partial charge in [0.1, 0.15) is 5.56 Å². The molecule has 206 valence electrons. The average molecular weight is 555 g/mol. The van der Waals surface area contributed by atoms with Gasteiger partial charge in [0, 0.05) is 35.5 Å². The molecular formula is C32H26N8O2. The molecule has 3 N–H and O–H groups in total. The predicted octanol–water partition coefficient (Wildman–Crippen LogP) is 4.04. The van der Waals surface area contributed by atoms with Gasteiger partial charge in [0.25, 0.3) is 11.5 Å². The van der Waals surface area contributed by atoms with Crippen LogP contribution in [0.1, 0.15) is 59.0 Å². The Morgan fingerprint density at radius 3 is 2.74 bits per heavy atom. The Balaban J connectivity index is 1.32. The Morgan fingerprint density at radius 2 is 1.93 bits per heavy atom. The Bertz CT molecular complexity index is 2110. The molecule has 0 bridgehead atoms. The number of amides is 1. The smallest absolute Gasteiger partial charge is 0.264 e. The first-order chi connectivity index (χ1) is 20.5. The molecule has 1 aliphatic carbocycles. The predicted molar refractivity (Wildman–Crippen MR) is 159 cm³/mol. The lowest BCUT2D eigenvalue weighted by atomic mass is 10.0. The molecule has 42 heavy (non-hydrogen) atoms. The number of aromatic nitrogens is 6. The first-order valence-electron chi connectivity index (χ1n) is 13.7. The number of carbonyl (C=O) groups excluding carboxylic acids is 1. The van der Waals surface area contributed by atoms with E-state index in [4.69, 9.17) is 5.73 Å². The molecule has 7 rings (SSSR count). The SMILES string of the molecule is C[C@H](NC(=O)c1c(N)nn2cccnc12)c1cc2cccc(C#Cc3cnn(C4CC4)c3)c2c(=O)n1-c1ccccc1. The molecule has 1 atom stereocenters. The first-order valence-corrected chi connectivity index (χ1v) is 13.7. The van der Waals surface area contributed by atoms with Crippen LogP contribution in [0.4, 0.5) is 5.82 Å². The maximum absolute atomic E-state index is 14.3. The van der Waals surface area contributed by atoms with Gasteiger partial charge in [-0.2, -0.15) is 5.10 Å². The van der Waals surface area contributed by atoms with Gasteiger partial charge in [-0.15, -0.1) is 5.10 Å². The zero-order valence-electron chi connectivity index (χ0n) is 22.7. The van der Waals surface area contributed by atoms with Gasteiger partial charge < -0.3 is 11.1 Å². The zero-order valence-corrected chi connectivity index (χ0v) is 22.7. The van der Waals surface area contributed by atoms with Gasteiger partial charge in [0.05, 0.1) is 29.2 Å². The van der Waals surface area contributed by atoms with Crippen molar-refractivity contribution in [2.24, 2.45) is 0 Å². The van der Waals surface area contributed by atoms with Crippen LogP contribution in [0.25, 0.3) is 22.1 Å². The molecule has 0 spiro atoms. The summed E-state index contributed by atoms with van der Waals surface area (Å²) in [6.07, 6.45) is 9.24. The van der Waals surface area contributed by atoms with Gasteiger partial charge in [-0.3, -0.25) is 18.8 Å². The van der Waals surface area contributed by atoms with Crippen molar-refractivity contribution in [2.75, 3.05) is 5.73 Å². The number of nitrogens with one attached hydrogen (secondary N) is 1. The van der Waals surface area contributed by atoms with Crippen molar-refractivity contribution in [3.8, 4) is 17.5 Å². The van der Waals surface area contributed by atoms with Crippen LogP contribution in [-0.4, -0.2) is 34.9 Å². The fourth-order valence-electron chi connectivity index (χ4n) is 5.19. The molecule has 6 aromatic rings. The van der Waals surface area contributed by atoms with E-state index in [2.05, 4.69) is 32.3 Å². The molecule has 1 amide bonds. The molecule has 4 heterocycles. The van der Waals surface area contributed by atoms with Crippen LogP contribution in [0.15, 0.2) is 90.2 Å². The number of nitrogens with two attached hydrogens (primary N) is 1. The van der Waals surface area contributed by atoms with Crippen LogP contribution in [0.3, 0.4) is 0 Å². The fraction of sp³-hybridized carbons (Fsp3) is 0.156. The summed E-state index contributed by atoms with van der Waals surface area (Å²) in [5.74, 6) is 6.01. The number of anilines is 1. The normalized spacial score (nSPS) is 13.5. The maximum Gasteiger partial charge on any atom is 0.264 e. The average Bonchev–Trinajstić information content (AvgIpc) is 3.64. The third-order valence-electron chi connectivity index (χ3n) is 7.39. The highest BCUT2D eigenvalue weighted by molar-refractivity contribution is 6.04. The second kappa shape index (κ2) is 10.1. The minimum atomic E-state index is -0.573. The topological polar surface area (TPSA) is 125 Å². The van der Waals surface area contributed by atoms with E-state index in [0.717, 1.165) is 23.8 Å². The van der Waals surface area contributed by atoms with Gasteiger partial charge in [0.2, 0.25) is 0 Å². The van der Waals surface area contributed by atoms with Crippen molar-refractivity contribution in [3.05, 3.63) is 118 Å². The van der Waals surface area contributed by atoms with Crippen molar-refractivity contribution >= 4 is 28.1 Å². The summed E-state index contributed by atoms with van der Waals surface area (Å²) in [5, 5.41) is 12.8. The second-order valence-corrected chi connectivity index (χ2v) is 10.3. The molecule has 0 radical (unpaired) electrons. The summed E-state index contributed by atoms with van der Waals surface area (Å²) in [6, 6.07) is 18.5. The molecule has 0 aliphatic heterocycles. The lowest BCUT2D eigenvalue weighted by molar-refractivity contribution is 0.0941. The number of pyridine rings is 1. The van der Waals surface area contributed by atoms with Gasteiger partial charge in [-0.1, -0.05) is 42.2 Å². The third-order valence-corrected chi connectivity index (χ3v) is 7.39. The number of nitrogen functional groups attached to an aromatic ring is 1. The Labute approximate surface area is 240 Å². The fourth-order valence-corrected chi connectivity index (χ4v) is 5.19. The van der Waals surface area contributed by atoms with Crippen LogP contribution in [-0.2, 0) is 0 Å². The first kappa shape index (κ1) is 25.3. The van der Waals surface area contributed by atoms with Crippen molar-refractivity contribution in [2.45, 2.75) is 31.8 Å². The Morgan fingerprint density at radius 1 is 1.10 bits per heavy atom. The van der Waals surface area contributed by atoms with Crippen molar-refractivity contribution in [1.29, 1.82) is 0 Å². The number of hydrogen-bond acceptors (Lipinski definition) is 6. The van der Waals surface area contributed by atoms with Crippen molar-refractivity contribution < 1.29 is 4.79 Å². The summed E-state index contributed by atoms with van der Waals surface area (Å²) < 4.78 is 5.04. The Hall–Kier alpha value is -5.69. The van der Waals surface area contributed by atoms with Crippen molar-refractivity contribution in [3.63, 3.8) is 0 Å². The van der Waals surface area contributed by atoms with E-state index in [1.165, 1.54) is 4.52 Å². The minimum Gasteiger partial charge on any atom is -0.381 e. The number of benzene rings is 2. The number of para-hydroxylation sites is 1. The largest absolute Gasteiger partial charge is 0.381 e. The molecule has 0 unspecified atom stereocenters. The molecule has 1 saturated carbocycles. The molecule has 2 aromatic carbocycles. The number of rotatable bonds is 5. The third kappa shape index (κ3) is 4.47. The monoisotopic (exact) mass is 554 g/mol. The van der Waals surface area contributed by atoms with E-state index in [1.54, 1.807) is 29.2 Å². The summed E-state index contributed by atoms with van der Waals surface area (Å²) in [4.78, 5) is 32.0. The van der Waals surface area contributed by atoms with Crippen LogP contribution in [0, 0.1) is 11.8 Å². The molecule has 4 aromatic heterocycles. The molecule has 1 fully saturated rings. The molecular weight excluding hydrogens is 528 g/mol. The number of nitrogens with zero attached hydrogens (tertiary/aromatic N) is 6.